The van der Waals surface area contributed by atoms with Gasteiger partial charge in [0.25, 0.3) is 0 Å². The van der Waals surface area contributed by atoms with Crippen molar-refractivity contribution in [2.75, 3.05) is 39.8 Å². The van der Waals surface area contributed by atoms with Crippen LogP contribution in [0.5, 0.6) is 5.75 Å². The fourth-order valence-electron chi connectivity index (χ4n) is 3.79. The van der Waals surface area contributed by atoms with Crippen LogP contribution in [0.2, 0.25) is 5.02 Å². The zero-order chi connectivity index (χ0) is 22.1. The van der Waals surface area contributed by atoms with Gasteiger partial charge in [-0.05, 0) is 41.8 Å². The molecule has 5 nitrogen and oxygen atoms in total. The summed E-state index contributed by atoms with van der Waals surface area (Å²) in [5.41, 5.74) is 2.18. The van der Waals surface area contributed by atoms with Gasteiger partial charge in [-0.2, -0.15) is 0 Å². The van der Waals surface area contributed by atoms with Crippen LogP contribution < -0.4 is 4.74 Å². The van der Waals surface area contributed by atoms with Crippen LogP contribution in [0.1, 0.15) is 43.4 Å². The van der Waals surface area contributed by atoms with Gasteiger partial charge in [-0.15, -0.1) is 0 Å². The van der Waals surface area contributed by atoms with E-state index in [1.54, 1.807) is 7.11 Å². The number of amides is 1. The zero-order valence-electron chi connectivity index (χ0n) is 18.6. The van der Waals surface area contributed by atoms with Gasteiger partial charge in [-0.3, -0.25) is 9.69 Å². The van der Waals surface area contributed by atoms with Gasteiger partial charge in [0.05, 0.1) is 19.8 Å². The van der Waals surface area contributed by atoms with E-state index in [2.05, 4.69) is 11.8 Å². The van der Waals surface area contributed by atoms with Gasteiger partial charge < -0.3 is 14.4 Å². The lowest BCUT2D eigenvalue weighted by atomic mass is 10.1. The molecule has 0 spiro atoms. The maximum Gasteiger partial charge on any atom is 0.222 e. The highest BCUT2D eigenvalue weighted by Gasteiger charge is 2.24. The molecule has 0 aromatic heterocycles. The second-order valence-corrected chi connectivity index (χ2v) is 8.42. The number of rotatable bonds is 10. The predicted molar refractivity (Wildman–Crippen MR) is 125 cm³/mol. The molecule has 0 unspecified atom stereocenters. The van der Waals surface area contributed by atoms with Crippen LogP contribution >= 0.6 is 11.6 Å². The third-order valence-electron chi connectivity index (χ3n) is 5.72. The average molecular weight is 445 g/mol. The second-order valence-electron chi connectivity index (χ2n) is 7.99. The number of carbonyl (C=O) groups excluding carboxylic acids is 1. The highest BCUT2D eigenvalue weighted by molar-refractivity contribution is 6.30. The van der Waals surface area contributed by atoms with E-state index in [1.807, 2.05) is 53.4 Å². The quantitative estimate of drug-likeness (QED) is 0.520. The van der Waals surface area contributed by atoms with Crippen molar-refractivity contribution in [3.63, 3.8) is 0 Å². The molecule has 31 heavy (non-hydrogen) atoms. The fourth-order valence-corrected chi connectivity index (χ4v) is 3.92. The molecule has 168 valence electrons. The largest absolute Gasteiger partial charge is 0.497 e. The first-order valence-corrected chi connectivity index (χ1v) is 11.5. The number of piperazine rings is 1. The number of benzene rings is 2. The van der Waals surface area contributed by atoms with Crippen LogP contribution in [-0.4, -0.2) is 55.5 Å². The normalized spacial score (nSPS) is 15.6. The predicted octanol–water partition coefficient (Wildman–Crippen LogP) is 4.94. The van der Waals surface area contributed by atoms with Crippen molar-refractivity contribution in [1.29, 1.82) is 0 Å². The van der Waals surface area contributed by atoms with Crippen molar-refractivity contribution < 1.29 is 14.3 Å². The molecule has 1 fully saturated rings. The molecule has 1 aliphatic heterocycles. The SMILES string of the molecule is CCCCC(=O)N1CCN(C[C@H](OCc2cccc(OC)c2)c2ccc(Cl)cc2)CC1. The molecule has 0 saturated carbocycles. The lowest BCUT2D eigenvalue weighted by molar-refractivity contribution is -0.133. The van der Waals surface area contributed by atoms with Crippen LogP contribution in [0, 0.1) is 0 Å². The first kappa shape index (κ1) is 23.6. The van der Waals surface area contributed by atoms with Gasteiger partial charge in [0.1, 0.15) is 5.75 Å². The molecule has 2 aromatic carbocycles. The van der Waals surface area contributed by atoms with Crippen molar-refractivity contribution >= 4 is 17.5 Å². The van der Waals surface area contributed by atoms with Crippen LogP contribution in [0.3, 0.4) is 0 Å². The van der Waals surface area contributed by atoms with E-state index in [-0.39, 0.29) is 12.0 Å². The highest BCUT2D eigenvalue weighted by atomic mass is 35.5. The number of nitrogens with zero attached hydrogens (tertiary/aromatic N) is 2. The third kappa shape index (κ3) is 7.23. The molecule has 1 aliphatic rings. The number of halogens is 1. The molecule has 6 heteroatoms. The first-order chi connectivity index (χ1) is 15.1. The molecule has 0 N–H and O–H groups in total. The number of hydrogen-bond acceptors (Lipinski definition) is 4. The van der Waals surface area contributed by atoms with Gasteiger partial charge in [0.2, 0.25) is 5.91 Å². The topological polar surface area (TPSA) is 42.0 Å². The summed E-state index contributed by atoms with van der Waals surface area (Å²) >= 11 is 6.09. The Kier molecular flexibility index (Phi) is 9.19. The van der Waals surface area contributed by atoms with Gasteiger partial charge in [-0.1, -0.05) is 49.2 Å². The minimum atomic E-state index is -0.0780. The molecule has 0 bridgehead atoms. The van der Waals surface area contributed by atoms with E-state index in [0.717, 1.165) is 67.5 Å². The highest BCUT2D eigenvalue weighted by Crippen LogP contribution is 2.24. The van der Waals surface area contributed by atoms with Gasteiger partial charge in [0, 0.05) is 44.2 Å². The summed E-state index contributed by atoms with van der Waals surface area (Å²) in [7, 11) is 1.67. The standard InChI is InChI=1S/C25H33ClN2O3/c1-3-4-8-25(29)28-15-13-27(14-16-28)18-24(21-9-11-22(26)12-10-21)31-19-20-6-5-7-23(17-20)30-2/h5-7,9-12,17,24H,3-4,8,13-16,18-19H2,1-2H3/t24-/m0/s1. The summed E-state index contributed by atoms with van der Waals surface area (Å²) in [6, 6.07) is 15.8. The zero-order valence-corrected chi connectivity index (χ0v) is 19.3. The summed E-state index contributed by atoms with van der Waals surface area (Å²) in [6.45, 7) is 6.70. The van der Waals surface area contributed by atoms with Crippen molar-refractivity contribution in [2.24, 2.45) is 0 Å². The Bertz CT molecular complexity index is 820. The van der Waals surface area contributed by atoms with Gasteiger partial charge >= 0.3 is 0 Å². The minimum absolute atomic E-state index is 0.0780. The second kappa shape index (κ2) is 12.1. The Hall–Kier alpha value is -2.08. The van der Waals surface area contributed by atoms with Crippen LogP contribution in [-0.2, 0) is 16.1 Å². The number of ether oxygens (including phenoxy) is 2. The van der Waals surface area contributed by atoms with Crippen molar-refractivity contribution in [3.8, 4) is 5.75 Å². The van der Waals surface area contributed by atoms with E-state index < -0.39 is 0 Å². The van der Waals surface area contributed by atoms with E-state index >= 15 is 0 Å². The number of unbranched alkanes of at least 4 members (excludes halogenated alkanes) is 1. The van der Waals surface area contributed by atoms with Crippen molar-refractivity contribution in [3.05, 3.63) is 64.7 Å². The van der Waals surface area contributed by atoms with Crippen LogP contribution in [0.4, 0.5) is 0 Å². The minimum Gasteiger partial charge on any atom is -0.497 e. The van der Waals surface area contributed by atoms with Crippen LogP contribution in [0.25, 0.3) is 0 Å². The van der Waals surface area contributed by atoms with E-state index in [4.69, 9.17) is 21.1 Å². The summed E-state index contributed by atoms with van der Waals surface area (Å²) < 4.78 is 11.7. The van der Waals surface area contributed by atoms with E-state index in [0.29, 0.717) is 13.0 Å². The Morgan fingerprint density at radius 3 is 2.52 bits per heavy atom. The summed E-state index contributed by atoms with van der Waals surface area (Å²) in [5, 5.41) is 0.717. The summed E-state index contributed by atoms with van der Waals surface area (Å²) in [4.78, 5) is 16.7. The maximum atomic E-state index is 12.3. The first-order valence-electron chi connectivity index (χ1n) is 11.1. The number of carbonyl (C=O) groups is 1. The molecule has 2 aromatic rings. The number of hydrogen-bond donors (Lipinski definition) is 0. The average Bonchev–Trinajstić information content (AvgIpc) is 2.81. The Morgan fingerprint density at radius 2 is 1.84 bits per heavy atom. The molecule has 1 heterocycles. The maximum absolute atomic E-state index is 12.3. The summed E-state index contributed by atoms with van der Waals surface area (Å²) in [6.07, 6.45) is 2.61. The molecule has 0 aliphatic carbocycles. The third-order valence-corrected chi connectivity index (χ3v) is 5.97. The van der Waals surface area contributed by atoms with E-state index in [1.165, 1.54) is 0 Å². The lowest BCUT2D eigenvalue weighted by Crippen LogP contribution is -2.49. The van der Waals surface area contributed by atoms with Gasteiger partial charge in [0.15, 0.2) is 0 Å². The van der Waals surface area contributed by atoms with Gasteiger partial charge in [-0.25, -0.2) is 0 Å². The molecule has 1 saturated heterocycles. The molecular weight excluding hydrogens is 412 g/mol. The van der Waals surface area contributed by atoms with Crippen molar-refractivity contribution in [1.82, 2.24) is 9.80 Å². The Labute approximate surface area is 190 Å². The molecular formula is C25H33ClN2O3. The molecule has 0 radical (unpaired) electrons. The molecule has 1 amide bonds. The lowest BCUT2D eigenvalue weighted by Gasteiger charge is -2.36. The molecule has 1 atom stereocenters. The summed E-state index contributed by atoms with van der Waals surface area (Å²) in [5.74, 6) is 1.11. The Balaban J connectivity index is 1.61. The monoisotopic (exact) mass is 444 g/mol. The molecule has 3 rings (SSSR count). The van der Waals surface area contributed by atoms with Crippen molar-refractivity contribution in [2.45, 2.75) is 38.9 Å². The fraction of sp³-hybridized carbons (Fsp3) is 0.480. The number of methoxy groups -OCH3 is 1. The van der Waals surface area contributed by atoms with Crippen LogP contribution in [0.15, 0.2) is 48.5 Å². The Morgan fingerprint density at radius 1 is 1.10 bits per heavy atom. The smallest absolute Gasteiger partial charge is 0.222 e. The van der Waals surface area contributed by atoms with E-state index in [9.17, 15) is 4.79 Å².